The number of amides is 1. The van der Waals surface area contributed by atoms with E-state index in [1.165, 1.54) is 36.6 Å². The predicted molar refractivity (Wildman–Crippen MR) is 157 cm³/mol. The highest BCUT2D eigenvalue weighted by Gasteiger charge is 2.36. The molecule has 3 aliphatic heterocycles. The van der Waals surface area contributed by atoms with Crippen molar-refractivity contribution in [3.63, 3.8) is 0 Å². The molecule has 0 fully saturated rings. The summed E-state index contributed by atoms with van der Waals surface area (Å²) in [6, 6.07) is 16.1. The number of aliphatic hydroxyl groups excluding tert-OH is 2. The topological polar surface area (TPSA) is 139 Å². The average Bonchev–Trinajstić information content (AvgIpc) is 3.57. The van der Waals surface area contributed by atoms with E-state index in [4.69, 9.17) is 10.2 Å². The monoisotopic (exact) mass is 559 g/mol. The van der Waals surface area contributed by atoms with Gasteiger partial charge >= 0.3 is 5.97 Å². The molecule has 1 aromatic heterocycles. The number of unbranched alkanes of at least 4 members (excludes halogenated alkanes) is 2. The largest absolute Gasteiger partial charge is 0.480 e. The predicted octanol–water partition coefficient (Wildman–Crippen LogP) is 2.07. The van der Waals surface area contributed by atoms with E-state index in [0.717, 1.165) is 41.6 Å². The molecule has 2 atom stereocenters. The summed E-state index contributed by atoms with van der Waals surface area (Å²) in [5, 5.41) is 31.9. The van der Waals surface area contributed by atoms with Gasteiger partial charge in [0.25, 0.3) is 5.91 Å². The maximum Gasteiger partial charge on any atom is 0.326 e. The Kier molecular flexibility index (Phi) is 10.6. The molecule has 3 aromatic rings. The number of nitrogens with zero attached hydrogens (tertiary/aromatic N) is 4. The Labute approximate surface area is 239 Å². The highest BCUT2D eigenvalue weighted by molar-refractivity contribution is 6.06. The Morgan fingerprint density at radius 3 is 2.59 bits per heavy atom. The third-order valence-electron chi connectivity index (χ3n) is 7.21. The van der Waals surface area contributed by atoms with Crippen LogP contribution >= 0.6 is 0 Å². The number of hydrogen-bond acceptors (Lipinski definition) is 8. The van der Waals surface area contributed by atoms with Crippen LogP contribution < -0.4 is 20.8 Å². The van der Waals surface area contributed by atoms with Crippen molar-refractivity contribution in [1.29, 1.82) is 0 Å². The summed E-state index contributed by atoms with van der Waals surface area (Å²) in [5.41, 5.74) is 4.17. The van der Waals surface area contributed by atoms with Gasteiger partial charge in [0.15, 0.2) is 0 Å². The van der Waals surface area contributed by atoms with Gasteiger partial charge in [-0.2, -0.15) is 0 Å². The van der Waals surface area contributed by atoms with E-state index in [1.807, 2.05) is 71.9 Å². The normalized spacial score (nSPS) is 18.2. The van der Waals surface area contributed by atoms with Gasteiger partial charge in [0.2, 0.25) is 0 Å². The number of carboxylic acids is 1. The van der Waals surface area contributed by atoms with Gasteiger partial charge in [0.05, 0.1) is 37.2 Å². The summed E-state index contributed by atoms with van der Waals surface area (Å²) < 4.78 is 0. The van der Waals surface area contributed by atoms with E-state index in [2.05, 4.69) is 27.1 Å². The average molecular weight is 560 g/mol. The van der Waals surface area contributed by atoms with Crippen molar-refractivity contribution in [2.45, 2.75) is 44.7 Å². The first kappa shape index (κ1) is 29.9. The van der Waals surface area contributed by atoms with Gasteiger partial charge in [-0.3, -0.25) is 14.7 Å². The Morgan fingerprint density at radius 2 is 1.85 bits per heavy atom. The number of benzene rings is 2. The fraction of sp³-hybridized carbons (Fsp3) is 0.355. The quantitative estimate of drug-likeness (QED) is 0.321. The van der Waals surface area contributed by atoms with Gasteiger partial charge in [0.1, 0.15) is 6.04 Å². The lowest BCUT2D eigenvalue weighted by atomic mass is 9.96. The first-order valence-electron chi connectivity index (χ1n) is 13.8. The number of carbonyl (C=O) groups is 2. The van der Waals surface area contributed by atoms with E-state index in [9.17, 15) is 14.7 Å². The van der Waals surface area contributed by atoms with Crippen molar-refractivity contribution >= 4 is 29.3 Å². The number of pyridine rings is 1. The lowest BCUT2D eigenvalue weighted by molar-refractivity contribution is -0.138. The molecule has 4 N–H and O–H groups in total. The first-order valence-corrected chi connectivity index (χ1v) is 13.8. The molecule has 0 radical (unpaired) electrons. The van der Waals surface area contributed by atoms with Gasteiger partial charge in [-0.15, -0.1) is 0 Å². The lowest BCUT2D eigenvalue weighted by Gasteiger charge is -2.37. The molecule has 2 aromatic carbocycles. The Morgan fingerprint density at radius 1 is 1.07 bits per heavy atom. The number of aliphatic hydroxyl groups is 2. The number of rotatable bonds is 7. The number of fused-ring (bicyclic) bond motifs is 3. The van der Waals surface area contributed by atoms with Crippen LogP contribution in [0.1, 0.15) is 43.2 Å². The minimum atomic E-state index is -0.930. The van der Waals surface area contributed by atoms with E-state index < -0.39 is 12.0 Å². The second-order valence-corrected chi connectivity index (χ2v) is 10.1. The fourth-order valence-electron chi connectivity index (χ4n) is 5.11. The smallest absolute Gasteiger partial charge is 0.326 e. The van der Waals surface area contributed by atoms with Crippen LogP contribution in [0, 0.1) is 0 Å². The van der Waals surface area contributed by atoms with Crippen molar-refractivity contribution in [3.05, 3.63) is 88.7 Å². The summed E-state index contributed by atoms with van der Waals surface area (Å²) in [5.74, 6) is -1.43. The van der Waals surface area contributed by atoms with Gasteiger partial charge < -0.3 is 25.5 Å². The molecule has 10 heteroatoms. The molecule has 3 aliphatic rings. The molecule has 0 aliphatic carbocycles. The highest BCUT2D eigenvalue weighted by atomic mass is 16.4. The lowest BCUT2D eigenvalue weighted by Crippen LogP contribution is -2.43. The maximum atomic E-state index is 10.9. The highest BCUT2D eigenvalue weighted by Crippen LogP contribution is 2.35. The SMILES string of the molecule is CCCCCN1CN(CO)Cc2ccncc21.O=C(O)C1Nc2ccccc2C1CO.O=C1C=c2ccccc2=N1. The zero-order valence-electron chi connectivity index (χ0n) is 23.2. The summed E-state index contributed by atoms with van der Waals surface area (Å²) in [4.78, 5) is 33.9. The van der Waals surface area contributed by atoms with Crippen molar-refractivity contribution in [3.8, 4) is 0 Å². The number of anilines is 2. The van der Waals surface area contributed by atoms with E-state index >= 15 is 0 Å². The molecule has 10 nitrogen and oxygen atoms in total. The van der Waals surface area contributed by atoms with Crippen molar-refractivity contribution < 1.29 is 24.9 Å². The maximum absolute atomic E-state index is 10.9. The minimum Gasteiger partial charge on any atom is -0.480 e. The number of aliphatic carboxylic acids is 1. The summed E-state index contributed by atoms with van der Waals surface area (Å²) >= 11 is 0. The fourth-order valence-corrected chi connectivity index (χ4v) is 5.11. The molecule has 0 bridgehead atoms. The number of carbonyl (C=O) groups excluding carboxylic acids is 1. The summed E-state index contributed by atoms with van der Waals surface area (Å²) in [6.07, 6.45) is 8.99. The van der Waals surface area contributed by atoms with Crippen LogP contribution in [-0.2, 0) is 16.1 Å². The molecule has 6 rings (SSSR count). The molecule has 0 saturated carbocycles. The van der Waals surface area contributed by atoms with E-state index in [1.54, 1.807) is 0 Å². The van der Waals surface area contributed by atoms with Crippen LogP contribution in [0.2, 0.25) is 0 Å². The molecule has 4 heterocycles. The second kappa shape index (κ2) is 14.5. The van der Waals surface area contributed by atoms with Crippen LogP contribution in [0.4, 0.5) is 11.4 Å². The molecular weight excluding hydrogens is 522 g/mol. The molecular formula is C31H37N5O5. The van der Waals surface area contributed by atoms with Crippen LogP contribution in [0.3, 0.4) is 0 Å². The van der Waals surface area contributed by atoms with Crippen LogP contribution in [0.25, 0.3) is 6.08 Å². The zero-order valence-corrected chi connectivity index (χ0v) is 23.2. The number of carboxylic acid groups (broad SMARTS) is 1. The van der Waals surface area contributed by atoms with Crippen molar-refractivity contribution in [2.24, 2.45) is 4.99 Å². The molecule has 41 heavy (non-hydrogen) atoms. The number of aromatic nitrogens is 1. The molecule has 1 amide bonds. The standard InChI is InChI=1S/C13H21N3O.C10H11NO3.C8H5NO/c1-2-3-4-7-16-10-15(11-17)9-12-5-6-14-8-13(12)16;12-5-7-6-3-1-2-4-8(6)11-9(7)10(13)14;10-8-5-6-3-1-2-4-7(6)9-8/h5-6,8,17H,2-4,7,9-11H2,1H3;1-4,7,9,11-12H,5H2,(H,13,14);1-5H. The Bertz CT molecular complexity index is 1430. The van der Waals surface area contributed by atoms with Gasteiger partial charge in [-0.1, -0.05) is 56.2 Å². The van der Waals surface area contributed by atoms with E-state index in [-0.39, 0.29) is 25.2 Å². The van der Waals surface area contributed by atoms with E-state index in [0.29, 0.717) is 0 Å². The molecule has 0 saturated heterocycles. The molecule has 2 unspecified atom stereocenters. The van der Waals surface area contributed by atoms with Gasteiger partial charge in [0, 0.05) is 42.2 Å². The summed E-state index contributed by atoms with van der Waals surface area (Å²) in [7, 11) is 0. The van der Waals surface area contributed by atoms with Crippen LogP contribution in [0.5, 0.6) is 0 Å². The zero-order chi connectivity index (χ0) is 29.2. The third kappa shape index (κ3) is 7.55. The number of para-hydroxylation sites is 2. The van der Waals surface area contributed by atoms with Gasteiger partial charge in [-0.05, 0) is 35.7 Å². The Balaban J connectivity index is 0.000000146. The number of hydrogen-bond donors (Lipinski definition) is 4. The Hall–Kier alpha value is -4.12. The second-order valence-electron chi connectivity index (χ2n) is 10.1. The summed E-state index contributed by atoms with van der Waals surface area (Å²) in [6.45, 7) is 4.85. The third-order valence-corrected chi connectivity index (χ3v) is 7.21. The molecule has 216 valence electrons. The van der Waals surface area contributed by atoms with Gasteiger partial charge in [-0.25, -0.2) is 9.79 Å². The minimum absolute atomic E-state index is 0.117. The van der Waals surface area contributed by atoms with Crippen LogP contribution in [-0.4, -0.2) is 69.7 Å². The first-order chi connectivity index (χ1) is 19.9. The molecule has 0 spiro atoms. The van der Waals surface area contributed by atoms with Crippen LogP contribution in [0.15, 0.2) is 72.0 Å². The van der Waals surface area contributed by atoms with Crippen molar-refractivity contribution in [1.82, 2.24) is 9.88 Å². The number of nitrogens with one attached hydrogen (secondary N) is 1. The van der Waals surface area contributed by atoms with Crippen molar-refractivity contribution in [2.75, 3.05) is 36.8 Å².